The summed E-state index contributed by atoms with van der Waals surface area (Å²) < 4.78 is 6.99. The van der Waals surface area contributed by atoms with Crippen LogP contribution < -0.4 is 10.5 Å². The lowest BCUT2D eigenvalue weighted by atomic mass is 10.3. The van der Waals surface area contributed by atoms with E-state index in [2.05, 4.69) is 9.97 Å². The number of ether oxygens (including phenoxy) is 1. The molecular formula is C14H14N4O. The lowest BCUT2D eigenvalue weighted by Gasteiger charge is -2.07. The number of hydrogen-bond acceptors (Lipinski definition) is 4. The average Bonchev–Trinajstić information content (AvgIpc) is 2.74. The largest absolute Gasteiger partial charge is 0.497 e. The second-order valence-electron chi connectivity index (χ2n) is 4.30. The molecule has 5 nitrogen and oxygen atoms in total. The molecule has 0 fully saturated rings. The first-order valence-corrected chi connectivity index (χ1v) is 5.95. The highest BCUT2D eigenvalue weighted by Crippen LogP contribution is 2.23. The van der Waals surface area contributed by atoms with E-state index in [1.165, 1.54) is 0 Å². The number of nitrogens with two attached hydrogens (primary N) is 1. The molecular weight excluding hydrogens is 240 g/mol. The van der Waals surface area contributed by atoms with Crippen molar-refractivity contribution in [3.63, 3.8) is 0 Å². The smallest absolute Gasteiger partial charge is 0.207 e. The quantitative estimate of drug-likeness (QED) is 0.762. The van der Waals surface area contributed by atoms with Crippen LogP contribution in [0.5, 0.6) is 5.75 Å². The summed E-state index contributed by atoms with van der Waals surface area (Å²) in [5, 5.41) is 0. The van der Waals surface area contributed by atoms with E-state index in [9.17, 15) is 0 Å². The molecule has 3 aromatic rings. The van der Waals surface area contributed by atoms with Gasteiger partial charge in [0.1, 0.15) is 11.3 Å². The van der Waals surface area contributed by atoms with Crippen LogP contribution in [0.4, 0.5) is 5.95 Å². The zero-order valence-electron chi connectivity index (χ0n) is 10.8. The topological polar surface area (TPSA) is 66.0 Å². The maximum absolute atomic E-state index is 5.99. The third-order valence-electron chi connectivity index (χ3n) is 3.00. The van der Waals surface area contributed by atoms with Gasteiger partial charge in [-0.2, -0.15) is 0 Å². The van der Waals surface area contributed by atoms with Gasteiger partial charge in [-0.25, -0.2) is 9.97 Å². The number of fused-ring (bicyclic) bond motifs is 1. The Hall–Kier alpha value is -2.56. The molecule has 0 bridgehead atoms. The molecule has 2 heterocycles. The van der Waals surface area contributed by atoms with E-state index >= 15 is 0 Å². The lowest BCUT2D eigenvalue weighted by Crippen LogP contribution is -2.01. The maximum Gasteiger partial charge on any atom is 0.207 e. The van der Waals surface area contributed by atoms with E-state index in [4.69, 9.17) is 10.5 Å². The van der Waals surface area contributed by atoms with Gasteiger partial charge in [0.15, 0.2) is 5.65 Å². The summed E-state index contributed by atoms with van der Waals surface area (Å²) in [5.74, 6) is 1.23. The predicted molar refractivity (Wildman–Crippen MR) is 74.6 cm³/mol. The number of aryl methyl sites for hydroxylation is 1. The van der Waals surface area contributed by atoms with Crippen LogP contribution in [0.15, 0.2) is 36.4 Å². The van der Waals surface area contributed by atoms with Gasteiger partial charge >= 0.3 is 0 Å². The summed E-state index contributed by atoms with van der Waals surface area (Å²) in [5.41, 5.74) is 9.39. The Labute approximate surface area is 110 Å². The molecule has 0 atom stereocenters. The summed E-state index contributed by atoms with van der Waals surface area (Å²) in [6.45, 7) is 1.95. The number of pyridine rings is 1. The molecule has 0 aliphatic rings. The highest BCUT2D eigenvalue weighted by Gasteiger charge is 2.11. The first-order valence-electron chi connectivity index (χ1n) is 5.95. The Kier molecular flexibility index (Phi) is 2.59. The average molecular weight is 254 g/mol. The fourth-order valence-electron chi connectivity index (χ4n) is 2.06. The Balaban J connectivity index is 2.22. The molecule has 1 aromatic carbocycles. The molecule has 19 heavy (non-hydrogen) atoms. The Morgan fingerprint density at radius 2 is 1.79 bits per heavy atom. The van der Waals surface area contributed by atoms with Gasteiger partial charge in [-0.15, -0.1) is 0 Å². The normalized spacial score (nSPS) is 10.8. The number of aromatic nitrogens is 3. The van der Waals surface area contributed by atoms with Crippen LogP contribution >= 0.6 is 0 Å². The molecule has 0 spiro atoms. The molecule has 0 saturated carbocycles. The fraction of sp³-hybridized carbons (Fsp3) is 0.143. The predicted octanol–water partition coefficient (Wildman–Crippen LogP) is 2.32. The van der Waals surface area contributed by atoms with Crippen LogP contribution in [0.25, 0.3) is 16.9 Å². The number of nitrogens with zero attached hydrogens (tertiary/aromatic N) is 3. The number of methoxy groups -OCH3 is 1. The summed E-state index contributed by atoms with van der Waals surface area (Å²) in [6.07, 6.45) is 0. The minimum absolute atomic E-state index is 0.429. The molecule has 96 valence electrons. The molecule has 0 radical (unpaired) electrons. The number of hydrogen-bond donors (Lipinski definition) is 1. The zero-order chi connectivity index (χ0) is 13.4. The summed E-state index contributed by atoms with van der Waals surface area (Å²) in [7, 11) is 1.64. The Morgan fingerprint density at radius 1 is 1.05 bits per heavy atom. The van der Waals surface area contributed by atoms with Crippen LogP contribution in [-0.2, 0) is 0 Å². The molecule has 0 saturated heterocycles. The van der Waals surface area contributed by atoms with Gasteiger partial charge < -0.3 is 10.5 Å². The summed E-state index contributed by atoms with van der Waals surface area (Å²) in [6, 6.07) is 11.5. The van der Waals surface area contributed by atoms with Crippen molar-refractivity contribution in [2.45, 2.75) is 6.92 Å². The number of anilines is 1. The molecule has 0 amide bonds. The third-order valence-corrected chi connectivity index (χ3v) is 3.00. The first-order chi connectivity index (χ1) is 9.19. The standard InChI is InChI=1S/C14H14N4O/c1-9-3-8-12-13(16-9)18(14(15)17-12)10-4-6-11(19-2)7-5-10/h3-8H,1-2H3,(H2,15,17). The minimum Gasteiger partial charge on any atom is -0.497 e. The monoisotopic (exact) mass is 254 g/mol. The van der Waals surface area contributed by atoms with Gasteiger partial charge in [0.25, 0.3) is 0 Å². The first kappa shape index (κ1) is 11.5. The van der Waals surface area contributed by atoms with Gasteiger partial charge in [-0.3, -0.25) is 4.57 Å². The van der Waals surface area contributed by atoms with Crippen LogP contribution in [0.1, 0.15) is 5.69 Å². The van der Waals surface area contributed by atoms with Crippen molar-refractivity contribution in [2.75, 3.05) is 12.8 Å². The molecule has 2 N–H and O–H groups in total. The number of nitrogen functional groups attached to an aromatic ring is 1. The number of benzene rings is 1. The molecule has 3 rings (SSSR count). The van der Waals surface area contributed by atoms with Gasteiger partial charge in [-0.05, 0) is 43.3 Å². The van der Waals surface area contributed by atoms with E-state index in [-0.39, 0.29) is 0 Å². The van der Waals surface area contributed by atoms with Crippen LogP contribution in [0, 0.1) is 6.92 Å². The molecule has 0 unspecified atom stereocenters. The van der Waals surface area contributed by atoms with E-state index in [1.807, 2.05) is 47.9 Å². The van der Waals surface area contributed by atoms with Crippen LogP contribution in [0.3, 0.4) is 0 Å². The highest BCUT2D eigenvalue weighted by molar-refractivity contribution is 5.77. The Morgan fingerprint density at radius 3 is 2.47 bits per heavy atom. The molecule has 5 heteroatoms. The van der Waals surface area contributed by atoms with Crippen molar-refractivity contribution in [1.29, 1.82) is 0 Å². The van der Waals surface area contributed by atoms with Gasteiger partial charge in [-0.1, -0.05) is 0 Å². The van der Waals surface area contributed by atoms with Gasteiger partial charge in [0, 0.05) is 5.69 Å². The third kappa shape index (κ3) is 1.89. The van der Waals surface area contributed by atoms with Crippen molar-refractivity contribution >= 4 is 17.1 Å². The van der Waals surface area contributed by atoms with E-state index in [1.54, 1.807) is 7.11 Å². The molecule has 2 aromatic heterocycles. The van der Waals surface area contributed by atoms with Crippen molar-refractivity contribution in [3.8, 4) is 11.4 Å². The number of imidazole rings is 1. The second kappa shape index (κ2) is 4.28. The van der Waals surface area contributed by atoms with Crippen molar-refractivity contribution in [3.05, 3.63) is 42.1 Å². The lowest BCUT2D eigenvalue weighted by molar-refractivity contribution is 0.415. The summed E-state index contributed by atoms with van der Waals surface area (Å²) >= 11 is 0. The van der Waals surface area contributed by atoms with Crippen molar-refractivity contribution < 1.29 is 4.74 Å². The van der Waals surface area contributed by atoms with Gasteiger partial charge in [0.2, 0.25) is 5.95 Å². The maximum atomic E-state index is 5.99. The molecule has 0 aliphatic heterocycles. The van der Waals surface area contributed by atoms with Crippen molar-refractivity contribution in [1.82, 2.24) is 14.5 Å². The zero-order valence-corrected chi connectivity index (χ0v) is 10.8. The second-order valence-corrected chi connectivity index (χ2v) is 4.30. The van der Waals surface area contributed by atoms with Crippen LogP contribution in [0.2, 0.25) is 0 Å². The molecule has 0 aliphatic carbocycles. The van der Waals surface area contributed by atoms with E-state index in [0.29, 0.717) is 5.95 Å². The fourth-order valence-corrected chi connectivity index (χ4v) is 2.06. The SMILES string of the molecule is COc1ccc(-n2c(N)nc3ccc(C)nc32)cc1. The van der Waals surface area contributed by atoms with Crippen molar-refractivity contribution in [2.24, 2.45) is 0 Å². The van der Waals surface area contributed by atoms with E-state index < -0.39 is 0 Å². The Bertz CT molecular complexity index is 731. The highest BCUT2D eigenvalue weighted by atomic mass is 16.5. The minimum atomic E-state index is 0.429. The van der Waals surface area contributed by atoms with Gasteiger partial charge in [0.05, 0.1) is 12.8 Å². The number of rotatable bonds is 2. The van der Waals surface area contributed by atoms with E-state index in [0.717, 1.165) is 28.3 Å². The summed E-state index contributed by atoms with van der Waals surface area (Å²) in [4.78, 5) is 8.82. The van der Waals surface area contributed by atoms with Crippen LogP contribution in [-0.4, -0.2) is 21.6 Å².